The molecule has 12 rings (SSSR count). The van der Waals surface area contributed by atoms with Crippen LogP contribution in [-0.2, 0) is 50.6 Å². The molecule has 0 aliphatic carbocycles. The van der Waals surface area contributed by atoms with Crippen molar-refractivity contribution in [3.8, 4) is 28.7 Å². The molecule has 0 radical (unpaired) electrons. The van der Waals surface area contributed by atoms with Gasteiger partial charge in [-0.3, -0.25) is 43.9 Å². The van der Waals surface area contributed by atoms with E-state index in [4.69, 9.17) is 14.2 Å². The van der Waals surface area contributed by atoms with Crippen LogP contribution in [0, 0.1) is 0 Å². The first-order chi connectivity index (χ1) is 39.6. The Kier molecular flexibility index (Phi) is 14.8. The molecule has 0 aromatic heterocycles. The predicted molar refractivity (Wildman–Crippen MR) is 298 cm³/mol. The minimum absolute atomic E-state index is 0.0253. The molecule has 0 unspecified atom stereocenters. The average Bonchev–Trinajstić information content (AvgIpc) is 3.35. The molecule has 6 aliphatic rings. The Bertz CT molecular complexity index is 3540. The van der Waals surface area contributed by atoms with Crippen LogP contribution in [0.15, 0.2) is 132 Å². The number of phenolic OH excluding ortho intramolecular Hbond substituents is 2. The molecular weight excluding hydrogens is 1140 g/mol. The van der Waals surface area contributed by atoms with Crippen molar-refractivity contribution >= 4 is 69.5 Å². The van der Waals surface area contributed by atoms with E-state index in [-0.39, 0.29) is 54.8 Å². The molecule has 6 aromatic carbocycles. The maximum absolute atomic E-state index is 13.1. The molecule has 12 amide bonds. The number of nitrogens with one attached hydrogen (secondary N) is 4. The molecule has 23 nitrogen and oxygen atoms in total. The normalized spacial score (nSPS) is 21.1. The smallest absolute Gasteiger partial charge is 0.325 e. The number of imide groups is 3. The zero-order valence-electron chi connectivity index (χ0n) is 45.3. The summed E-state index contributed by atoms with van der Waals surface area (Å²) >= 11 is 3.38. The van der Waals surface area contributed by atoms with Crippen LogP contribution < -0.4 is 35.5 Å². The van der Waals surface area contributed by atoms with Crippen molar-refractivity contribution < 1.29 is 67.6 Å². The van der Waals surface area contributed by atoms with E-state index in [1.807, 2.05) is 18.2 Å². The fourth-order valence-corrected chi connectivity index (χ4v) is 11.2. The van der Waals surface area contributed by atoms with Crippen molar-refractivity contribution in [2.45, 2.75) is 36.3 Å². The van der Waals surface area contributed by atoms with Gasteiger partial charge < -0.3 is 55.1 Å². The van der Waals surface area contributed by atoms with Gasteiger partial charge in [0.25, 0.3) is 35.4 Å². The number of hydrogen-bond donors (Lipinski definition) is 6. The lowest BCUT2D eigenvalue weighted by Gasteiger charge is -2.31. The number of likely N-dealkylation sites (N-methyl/N-ethyl adjacent to an activating group) is 2. The zero-order valence-corrected chi connectivity index (χ0v) is 46.9. The van der Waals surface area contributed by atoms with Crippen molar-refractivity contribution in [3.05, 3.63) is 182 Å². The van der Waals surface area contributed by atoms with E-state index < -0.39 is 46.5 Å². The highest BCUT2D eigenvalue weighted by Gasteiger charge is 2.55. The topological polar surface area (TPSA) is 286 Å². The number of carbonyl (C=O) groups is 9. The van der Waals surface area contributed by atoms with Gasteiger partial charge in [-0.05, 0) is 106 Å². The average molecular weight is 1190 g/mol. The molecule has 6 aromatic rings. The zero-order chi connectivity index (χ0) is 59.3. The number of halogens is 1. The summed E-state index contributed by atoms with van der Waals surface area (Å²) in [6.07, 6.45) is 0. The Balaban J connectivity index is 0.000000139. The number of aromatic hydroxyl groups is 2. The Morgan fingerprint density at radius 2 is 0.783 bits per heavy atom. The molecule has 0 spiro atoms. The van der Waals surface area contributed by atoms with E-state index in [2.05, 4.69) is 37.2 Å². The molecule has 0 saturated carbocycles. The highest BCUT2D eigenvalue weighted by atomic mass is 79.9. The number of rotatable bonds is 12. The highest BCUT2D eigenvalue weighted by Crippen LogP contribution is 2.38. The van der Waals surface area contributed by atoms with Crippen molar-refractivity contribution in [2.24, 2.45) is 0 Å². The molecule has 6 N–H and O–H groups in total. The van der Waals surface area contributed by atoms with Crippen LogP contribution >= 0.6 is 15.9 Å². The van der Waals surface area contributed by atoms with Gasteiger partial charge in [-0.1, -0.05) is 70.5 Å². The van der Waals surface area contributed by atoms with Gasteiger partial charge in [-0.15, -0.1) is 0 Å². The van der Waals surface area contributed by atoms with E-state index >= 15 is 0 Å². The third-order valence-electron chi connectivity index (χ3n) is 15.5. The molecule has 3 atom stereocenters. The van der Waals surface area contributed by atoms with Gasteiger partial charge in [-0.2, -0.15) is 0 Å². The van der Waals surface area contributed by atoms with Crippen LogP contribution in [0.2, 0.25) is 0 Å². The largest absolute Gasteiger partial charge is 0.508 e. The predicted octanol–water partition coefficient (Wildman–Crippen LogP) is 5.02. The molecule has 6 heterocycles. The van der Waals surface area contributed by atoms with Crippen molar-refractivity contribution in [1.29, 1.82) is 0 Å². The number of phenols is 2. The number of nitrogens with zero attached hydrogens (tertiary/aromatic N) is 5. The van der Waals surface area contributed by atoms with Gasteiger partial charge in [0.05, 0.1) is 41.0 Å². The maximum atomic E-state index is 13.1. The first-order valence-corrected chi connectivity index (χ1v) is 26.5. The van der Waals surface area contributed by atoms with Gasteiger partial charge in [0, 0.05) is 54.9 Å². The second-order valence-corrected chi connectivity index (χ2v) is 21.3. The summed E-state index contributed by atoms with van der Waals surface area (Å²) in [7, 11) is 7.43. The fourth-order valence-electron chi connectivity index (χ4n) is 11.0. The number of fused-ring (bicyclic) bond motifs is 3. The Morgan fingerprint density at radius 1 is 0.458 bits per heavy atom. The third kappa shape index (κ3) is 10.1. The van der Waals surface area contributed by atoms with Gasteiger partial charge in [0.1, 0.15) is 28.7 Å². The van der Waals surface area contributed by atoms with Gasteiger partial charge in [0.15, 0.2) is 16.6 Å². The SMILES string of the molecule is COc1ccc2c(c1)C(=O)N(C[C@@]1(c3ccc(Br)cc3)NC(=O)N(C)C1=O)C2.COc1ccc2c(c1)C(=O)N(C[C@@]1(c3ccc(O)cc3)NC(=O)N(C)C1=O)C2.COc1ccc2c(c1)C(=O)N(C[C@@]1(c3ccc(O)cc3)NC(=O)NC1=O)C2. The first-order valence-electron chi connectivity index (χ1n) is 25.7. The van der Waals surface area contributed by atoms with E-state index in [1.165, 1.54) is 62.4 Å². The number of urea groups is 3. The molecule has 83 heavy (non-hydrogen) atoms. The van der Waals surface area contributed by atoms with E-state index in [9.17, 15) is 53.4 Å². The van der Waals surface area contributed by atoms with E-state index in [1.54, 1.807) is 96.9 Å². The summed E-state index contributed by atoms with van der Waals surface area (Å²) in [6.45, 7) is 0.988. The fraction of sp³-hybridized carbons (Fsp3) is 0.237. The molecule has 24 heteroatoms. The Hall–Kier alpha value is -9.97. The lowest BCUT2D eigenvalue weighted by atomic mass is 9.89. The number of hydrogen-bond acceptors (Lipinski definition) is 14. The van der Waals surface area contributed by atoms with Gasteiger partial charge >= 0.3 is 18.1 Å². The lowest BCUT2D eigenvalue weighted by Crippen LogP contribution is -2.52. The first kappa shape index (κ1) is 56.3. The number of benzene rings is 6. The second-order valence-electron chi connectivity index (χ2n) is 20.4. The number of carbonyl (C=O) groups excluding carboxylic acids is 9. The van der Waals surface area contributed by atoms with Crippen LogP contribution in [0.3, 0.4) is 0 Å². The number of amides is 12. The summed E-state index contributed by atoms with van der Waals surface area (Å²) in [6, 6.07) is 33.4. The molecule has 6 aliphatic heterocycles. The Morgan fingerprint density at radius 3 is 1.08 bits per heavy atom. The summed E-state index contributed by atoms with van der Waals surface area (Å²) in [5.41, 5.74) is 1.53. The van der Waals surface area contributed by atoms with Crippen molar-refractivity contribution in [3.63, 3.8) is 0 Å². The highest BCUT2D eigenvalue weighted by molar-refractivity contribution is 9.10. The monoisotopic (exact) mass is 1190 g/mol. The molecule has 426 valence electrons. The quantitative estimate of drug-likeness (QED) is 0.0879. The Labute approximate surface area is 482 Å². The standard InChI is InChI=1S/C20H18BrN3O4.C20H19N3O5.C19H17N3O5/c1-23-18(26)20(22-19(23)27,13-4-6-14(21)7-5-13)11-24-10-12-3-8-15(28-2)9-16(12)17(24)25;1-22-18(26)20(21-19(22)27,13-4-6-14(24)7-5-13)11-23-10-12-3-8-15(28-2)9-16(12)17(23)25;1-27-14-7-2-11-9-22(16(24)15(11)8-14)10-19(17(25)20-18(26)21-19)12-3-5-13(23)6-4-12/h3-9H,10-11H2,1-2H3,(H,22,27);3-9,24H,10-11H2,1-2H3,(H,21,27);2-8,23H,9-10H2,1H3,(H2,20,21,25,26)/t2*20-;19-/m000/s1. The van der Waals surface area contributed by atoms with Gasteiger partial charge in [0.2, 0.25) is 0 Å². The number of ether oxygens (including phenoxy) is 3. The summed E-state index contributed by atoms with van der Waals surface area (Å²) < 4.78 is 16.4. The molecule has 0 bridgehead atoms. The van der Waals surface area contributed by atoms with Crippen LogP contribution in [0.5, 0.6) is 28.7 Å². The maximum Gasteiger partial charge on any atom is 0.325 e. The summed E-state index contributed by atoms with van der Waals surface area (Å²) in [5, 5.41) is 29.5. The summed E-state index contributed by atoms with van der Waals surface area (Å²) in [4.78, 5) is 121. The minimum Gasteiger partial charge on any atom is -0.508 e. The van der Waals surface area contributed by atoms with E-state index in [0.717, 1.165) is 31.0 Å². The molecule has 3 fully saturated rings. The van der Waals surface area contributed by atoms with E-state index in [0.29, 0.717) is 70.3 Å². The van der Waals surface area contributed by atoms with Crippen molar-refractivity contribution in [1.82, 2.24) is 45.8 Å². The number of methoxy groups -OCH3 is 3. The summed E-state index contributed by atoms with van der Waals surface area (Å²) in [5.74, 6) is -0.221. The van der Waals surface area contributed by atoms with Crippen LogP contribution in [0.1, 0.15) is 64.5 Å². The molecule has 3 saturated heterocycles. The van der Waals surface area contributed by atoms with Crippen LogP contribution in [0.4, 0.5) is 14.4 Å². The minimum atomic E-state index is -1.42. The van der Waals surface area contributed by atoms with Crippen LogP contribution in [-0.4, -0.2) is 143 Å². The van der Waals surface area contributed by atoms with Crippen LogP contribution in [0.25, 0.3) is 0 Å². The van der Waals surface area contributed by atoms with Gasteiger partial charge in [-0.25, -0.2) is 14.4 Å². The molecular formula is C59H54BrN9O14. The lowest BCUT2D eigenvalue weighted by molar-refractivity contribution is -0.132. The second kappa shape index (κ2) is 21.8. The van der Waals surface area contributed by atoms with Crippen molar-refractivity contribution in [2.75, 3.05) is 55.1 Å². The third-order valence-corrected chi connectivity index (χ3v) is 16.0.